The van der Waals surface area contributed by atoms with Crippen molar-refractivity contribution in [1.82, 2.24) is 0 Å². The Morgan fingerprint density at radius 3 is 2.71 bits per heavy atom. The number of benzene rings is 2. The lowest BCUT2D eigenvalue weighted by Crippen LogP contribution is -3.61. The number of rotatable bonds is 2. The molecule has 0 radical (unpaired) electrons. The number of halogens is 1. The molecule has 0 N–H and O–H groups in total. The Balaban J connectivity index is 1.84. The molecular formula is C15H14IO+. The van der Waals surface area contributed by atoms with Gasteiger partial charge in [-0.2, -0.15) is 0 Å². The van der Waals surface area contributed by atoms with Gasteiger partial charge in [0.05, 0.1) is 6.61 Å². The Labute approximate surface area is 112 Å². The number of fused-ring (bicyclic) bond motifs is 1. The summed E-state index contributed by atoms with van der Waals surface area (Å²) < 4.78 is 8.60. The Morgan fingerprint density at radius 2 is 1.82 bits per heavy atom. The molecule has 0 spiro atoms. The van der Waals surface area contributed by atoms with Crippen LogP contribution in [0, 0.1) is 7.14 Å². The van der Waals surface area contributed by atoms with Gasteiger partial charge in [-0.25, -0.2) is 0 Å². The molecule has 1 aliphatic rings. The molecule has 0 saturated carbocycles. The number of hydrogen-bond donors (Lipinski definition) is 0. The van der Waals surface area contributed by atoms with Crippen LogP contribution in [0.15, 0.2) is 48.5 Å². The molecule has 0 amide bonds. The average Bonchev–Trinajstić information content (AvgIpc) is 2.40. The second-order valence-electron chi connectivity index (χ2n) is 4.09. The first kappa shape index (κ1) is 11.1. The van der Waals surface area contributed by atoms with E-state index in [9.17, 15) is 0 Å². The Hall–Kier alpha value is -1.03. The summed E-state index contributed by atoms with van der Waals surface area (Å²) in [4.78, 5) is 0. The lowest BCUT2D eigenvalue weighted by Gasteiger charge is -2.15. The van der Waals surface area contributed by atoms with Crippen LogP contribution in [0.4, 0.5) is 0 Å². The molecule has 2 aromatic carbocycles. The summed E-state index contributed by atoms with van der Waals surface area (Å²) in [6, 6.07) is 17.5. The number of aryl methyl sites for hydroxylation is 1. The van der Waals surface area contributed by atoms with Crippen LogP contribution in [0.1, 0.15) is 12.0 Å². The molecule has 1 aliphatic heterocycles. The van der Waals surface area contributed by atoms with E-state index >= 15 is 0 Å². The fourth-order valence-electron chi connectivity index (χ4n) is 1.99. The maximum atomic E-state index is 5.64. The van der Waals surface area contributed by atoms with Crippen molar-refractivity contribution >= 4 is 0 Å². The molecule has 0 bridgehead atoms. The van der Waals surface area contributed by atoms with E-state index in [0.717, 1.165) is 18.8 Å². The topological polar surface area (TPSA) is 9.23 Å². The highest BCUT2D eigenvalue weighted by Gasteiger charge is 2.18. The second kappa shape index (κ2) is 5.08. The van der Waals surface area contributed by atoms with E-state index in [1.165, 1.54) is 19.1 Å². The maximum absolute atomic E-state index is 5.64. The van der Waals surface area contributed by atoms with Gasteiger partial charge in [0.1, 0.15) is 5.75 Å². The first-order valence-electron chi connectivity index (χ1n) is 5.87. The van der Waals surface area contributed by atoms with E-state index in [-0.39, 0.29) is 21.2 Å². The van der Waals surface area contributed by atoms with Crippen LogP contribution in [0.2, 0.25) is 0 Å². The zero-order valence-corrected chi connectivity index (χ0v) is 11.7. The van der Waals surface area contributed by atoms with Gasteiger partial charge in [0.25, 0.3) is 0 Å². The summed E-state index contributed by atoms with van der Waals surface area (Å²) in [5.74, 6) is 1.09. The van der Waals surface area contributed by atoms with E-state index in [0.29, 0.717) is 0 Å². The van der Waals surface area contributed by atoms with Crippen LogP contribution in [0.25, 0.3) is 0 Å². The largest absolute Gasteiger partial charge is 0.493 e. The highest BCUT2D eigenvalue weighted by molar-refractivity contribution is 5.34. The molecule has 0 saturated heterocycles. The quantitative estimate of drug-likeness (QED) is 0.709. The van der Waals surface area contributed by atoms with E-state index < -0.39 is 0 Å². The van der Waals surface area contributed by atoms with Crippen LogP contribution in [-0.2, 0) is 6.42 Å². The van der Waals surface area contributed by atoms with Crippen molar-refractivity contribution in [2.45, 2.75) is 12.8 Å². The fraction of sp³-hybridized carbons (Fsp3) is 0.200. The Kier molecular flexibility index (Phi) is 3.31. The van der Waals surface area contributed by atoms with Crippen molar-refractivity contribution in [2.24, 2.45) is 0 Å². The Bertz CT molecular complexity index is 508. The van der Waals surface area contributed by atoms with E-state index in [2.05, 4.69) is 48.5 Å². The van der Waals surface area contributed by atoms with Crippen LogP contribution < -0.4 is 25.9 Å². The molecule has 17 heavy (non-hydrogen) atoms. The summed E-state index contributed by atoms with van der Waals surface area (Å²) in [5, 5.41) is 0. The molecular weight excluding hydrogens is 323 g/mol. The predicted octanol–water partition coefficient (Wildman–Crippen LogP) is 0.140. The van der Waals surface area contributed by atoms with Crippen LogP contribution in [0.5, 0.6) is 5.75 Å². The third-order valence-electron chi connectivity index (χ3n) is 2.82. The van der Waals surface area contributed by atoms with Crippen LogP contribution in [0.3, 0.4) is 0 Å². The molecule has 3 rings (SSSR count). The van der Waals surface area contributed by atoms with Crippen molar-refractivity contribution < 1.29 is 25.9 Å². The van der Waals surface area contributed by atoms with E-state index in [1.54, 1.807) is 0 Å². The van der Waals surface area contributed by atoms with Crippen molar-refractivity contribution in [3.63, 3.8) is 0 Å². The molecule has 0 atom stereocenters. The number of ether oxygens (including phenoxy) is 1. The summed E-state index contributed by atoms with van der Waals surface area (Å²) in [7, 11) is 0. The van der Waals surface area contributed by atoms with Crippen molar-refractivity contribution in [2.75, 3.05) is 6.61 Å². The van der Waals surface area contributed by atoms with Gasteiger partial charge in [-0.3, -0.25) is 0 Å². The summed E-state index contributed by atoms with van der Waals surface area (Å²) in [6.45, 7) is 0.875. The van der Waals surface area contributed by atoms with Crippen LogP contribution >= 0.6 is 0 Å². The molecule has 1 heterocycles. The third-order valence-corrected chi connectivity index (χ3v) is 5.46. The zero-order valence-electron chi connectivity index (χ0n) is 9.53. The first-order valence-corrected chi connectivity index (χ1v) is 8.03. The minimum Gasteiger partial charge on any atom is -0.493 e. The number of hydrogen-bond acceptors (Lipinski definition) is 1. The summed E-state index contributed by atoms with van der Waals surface area (Å²) in [6.07, 6.45) is 2.32. The molecule has 0 fully saturated rings. The maximum Gasteiger partial charge on any atom is 0.357 e. The second-order valence-corrected chi connectivity index (χ2v) is 7.12. The SMILES string of the molecule is c1ccc([I+]c2ccc3c(c2)CCCO3)cc1. The fourth-order valence-corrected chi connectivity index (χ4v) is 4.38. The molecule has 0 aliphatic carbocycles. The minimum absolute atomic E-state index is 0.0437. The van der Waals surface area contributed by atoms with Crippen molar-refractivity contribution in [3.05, 3.63) is 61.2 Å². The van der Waals surface area contributed by atoms with Crippen molar-refractivity contribution in [1.29, 1.82) is 0 Å². The summed E-state index contributed by atoms with van der Waals surface area (Å²) >= 11 is -0.0437. The first-order chi connectivity index (χ1) is 8.42. The smallest absolute Gasteiger partial charge is 0.357 e. The van der Waals surface area contributed by atoms with Gasteiger partial charge in [-0.05, 0) is 48.7 Å². The van der Waals surface area contributed by atoms with E-state index in [1.807, 2.05) is 0 Å². The van der Waals surface area contributed by atoms with Gasteiger partial charge in [0.15, 0.2) is 7.14 Å². The molecule has 2 heteroatoms. The zero-order chi connectivity index (χ0) is 11.5. The van der Waals surface area contributed by atoms with Gasteiger partial charge in [0.2, 0.25) is 0 Å². The standard InChI is InChI=1S/C15H14IO/c1-2-6-13(7-3-1)16-14-8-9-15-12(11-14)5-4-10-17-15/h1-3,6-9,11H,4-5,10H2/q+1. The van der Waals surface area contributed by atoms with Gasteiger partial charge < -0.3 is 4.74 Å². The molecule has 86 valence electrons. The summed E-state index contributed by atoms with van der Waals surface area (Å²) in [5.41, 5.74) is 1.39. The van der Waals surface area contributed by atoms with Crippen LogP contribution in [-0.4, -0.2) is 6.61 Å². The molecule has 1 nitrogen and oxygen atoms in total. The minimum atomic E-state index is -0.0437. The lowest BCUT2D eigenvalue weighted by molar-refractivity contribution is -0.597. The van der Waals surface area contributed by atoms with Crippen molar-refractivity contribution in [3.8, 4) is 5.75 Å². The molecule has 0 unspecified atom stereocenters. The van der Waals surface area contributed by atoms with Gasteiger partial charge in [-0.1, -0.05) is 18.2 Å². The lowest BCUT2D eigenvalue weighted by atomic mass is 10.1. The van der Waals surface area contributed by atoms with Gasteiger partial charge in [0, 0.05) is 0 Å². The molecule has 2 aromatic rings. The van der Waals surface area contributed by atoms with Gasteiger partial charge in [-0.15, -0.1) is 0 Å². The van der Waals surface area contributed by atoms with Gasteiger partial charge >= 0.3 is 21.2 Å². The third kappa shape index (κ3) is 2.63. The average molecular weight is 337 g/mol. The highest BCUT2D eigenvalue weighted by Crippen LogP contribution is 2.23. The highest BCUT2D eigenvalue weighted by atomic mass is 127. The Morgan fingerprint density at radius 1 is 0.941 bits per heavy atom. The van der Waals surface area contributed by atoms with E-state index in [4.69, 9.17) is 4.74 Å². The normalized spacial score (nSPS) is 13.9. The molecule has 0 aromatic heterocycles. The predicted molar refractivity (Wildman–Crippen MR) is 64.1 cm³/mol. The monoisotopic (exact) mass is 337 g/mol.